The van der Waals surface area contributed by atoms with E-state index < -0.39 is 17.8 Å². The Bertz CT molecular complexity index is 1110. The zero-order valence-corrected chi connectivity index (χ0v) is 18.9. The van der Waals surface area contributed by atoms with E-state index in [1.165, 1.54) is 6.92 Å². The maximum Gasteiger partial charge on any atom is 0.315 e. The third-order valence-electron chi connectivity index (χ3n) is 6.07. The predicted molar refractivity (Wildman–Crippen MR) is 124 cm³/mol. The lowest BCUT2D eigenvalue weighted by atomic mass is 9.72. The molecule has 0 radical (unpaired) electrons. The zero-order valence-electron chi connectivity index (χ0n) is 18.9. The quantitative estimate of drug-likeness (QED) is 0.480. The van der Waals surface area contributed by atoms with Crippen molar-refractivity contribution in [1.82, 2.24) is 0 Å². The fourth-order valence-corrected chi connectivity index (χ4v) is 4.58. The highest BCUT2D eigenvalue weighted by molar-refractivity contribution is 6.08. The van der Waals surface area contributed by atoms with Crippen molar-refractivity contribution in [3.8, 4) is 5.75 Å². The van der Waals surface area contributed by atoms with Gasteiger partial charge in [0, 0.05) is 42.7 Å². The van der Waals surface area contributed by atoms with Gasteiger partial charge in [-0.25, -0.2) is 0 Å². The van der Waals surface area contributed by atoms with Crippen LogP contribution in [0.5, 0.6) is 5.75 Å². The van der Waals surface area contributed by atoms with E-state index in [2.05, 4.69) is 4.99 Å². The number of carbonyl (C=O) groups is 3. The molecule has 4 rings (SSSR count). The Labute approximate surface area is 193 Å². The molecular formula is C27H27NO5. The van der Waals surface area contributed by atoms with Gasteiger partial charge < -0.3 is 9.47 Å². The van der Waals surface area contributed by atoms with Gasteiger partial charge in [-0.1, -0.05) is 42.5 Å². The number of ether oxygens (including phenoxy) is 2. The van der Waals surface area contributed by atoms with Gasteiger partial charge in [0.05, 0.1) is 6.61 Å². The molecule has 0 amide bonds. The van der Waals surface area contributed by atoms with Crippen molar-refractivity contribution in [2.45, 2.75) is 45.4 Å². The molecule has 2 aliphatic rings. The van der Waals surface area contributed by atoms with E-state index in [0.717, 1.165) is 29.7 Å². The first-order valence-electron chi connectivity index (χ1n) is 11.2. The van der Waals surface area contributed by atoms with Crippen LogP contribution in [0, 0.1) is 5.92 Å². The van der Waals surface area contributed by atoms with Crippen LogP contribution in [0.25, 0.3) is 0 Å². The summed E-state index contributed by atoms with van der Waals surface area (Å²) in [5, 5.41) is 0. The number of esters is 2. The topological polar surface area (TPSA) is 82.0 Å². The summed E-state index contributed by atoms with van der Waals surface area (Å²) in [4.78, 5) is 42.1. The molecule has 0 aromatic heterocycles. The van der Waals surface area contributed by atoms with Gasteiger partial charge >= 0.3 is 11.9 Å². The molecule has 0 saturated carbocycles. The van der Waals surface area contributed by atoms with E-state index in [0.29, 0.717) is 29.9 Å². The van der Waals surface area contributed by atoms with Gasteiger partial charge in [-0.05, 0) is 43.0 Å². The molecule has 0 saturated heterocycles. The van der Waals surface area contributed by atoms with Crippen molar-refractivity contribution in [3.05, 3.63) is 77.0 Å². The third kappa shape index (κ3) is 5.11. The summed E-state index contributed by atoms with van der Waals surface area (Å²) in [5.74, 6) is -1.49. The molecule has 2 aromatic carbocycles. The van der Waals surface area contributed by atoms with Crippen molar-refractivity contribution in [3.63, 3.8) is 0 Å². The van der Waals surface area contributed by atoms with Gasteiger partial charge in [0.15, 0.2) is 5.78 Å². The Hall–Kier alpha value is -3.54. The molecule has 0 spiro atoms. The molecule has 170 valence electrons. The molecule has 1 heterocycles. The van der Waals surface area contributed by atoms with Crippen molar-refractivity contribution in [1.29, 1.82) is 0 Å². The van der Waals surface area contributed by atoms with Crippen LogP contribution in [0.15, 0.2) is 70.9 Å². The van der Waals surface area contributed by atoms with Crippen molar-refractivity contribution in [2.75, 3.05) is 6.61 Å². The number of nitrogens with zero attached hydrogens (tertiary/aromatic N) is 1. The average Bonchev–Trinajstić information content (AvgIpc) is 2.79. The normalized spacial score (nSPS) is 20.1. The smallest absolute Gasteiger partial charge is 0.315 e. The summed E-state index contributed by atoms with van der Waals surface area (Å²) < 4.78 is 10.8. The van der Waals surface area contributed by atoms with E-state index in [1.54, 1.807) is 24.3 Å². The minimum Gasteiger partial charge on any atom is -0.465 e. The Balaban J connectivity index is 1.61. The number of aliphatic imine (C=N–C) groups is 1. The molecule has 0 bridgehead atoms. The van der Waals surface area contributed by atoms with Crippen LogP contribution in [0.3, 0.4) is 0 Å². The summed E-state index contributed by atoms with van der Waals surface area (Å²) in [7, 11) is 0. The number of hydrogen-bond acceptors (Lipinski definition) is 6. The average molecular weight is 446 g/mol. The minimum atomic E-state index is -0.679. The van der Waals surface area contributed by atoms with Gasteiger partial charge in [0.2, 0.25) is 0 Å². The maximum absolute atomic E-state index is 13.3. The standard InChI is InChI=1S/C27H27NO5/c1-17-24(27(31)32-16-15-19-7-4-3-5-8-19)25(26-22(28-17)9-6-10-23(26)30)20-11-13-21(14-12-20)33-18(2)29/h3-5,7-8,11-14,24-25H,6,9-10,15-16H2,1-2H3/t24?,25-/m0/s1. The van der Waals surface area contributed by atoms with Crippen molar-refractivity contribution >= 4 is 23.4 Å². The maximum atomic E-state index is 13.3. The lowest BCUT2D eigenvalue weighted by Gasteiger charge is -2.34. The van der Waals surface area contributed by atoms with Gasteiger partial charge in [-0.3, -0.25) is 19.4 Å². The van der Waals surface area contributed by atoms with Gasteiger partial charge in [-0.15, -0.1) is 0 Å². The lowest BCUT2D eigenvalue weighted by molar-refractivity contribution is -0.146. The van der Waals surface area contributed by atoms with Crippen LogP contribution >= 0.6 is 0 Å². The number of hydrogen-bond donors (Lipinski definition) is 0. The largest absolute Gasteiger partial charge is 0.465 e. The van der Waals surface area contributed by atoms with Crippen LogP contribution in [-0.2, 0) is 25.5 Å². The van der Waals surface area contributed by atoms with E-state index in [9.17, 15) is 14.4 Å². The number of carbonyl (C=O) groups excluding carboxylic acids is 3. The fraction of sp³-hybridized carbons (Fsp3) is 0.333. The molecule has 6 heteroatoms. The molecule has 33 heavy (non-hydrogen) atoms. The first kappa shape index (κ1) is 22.6. The molecule has 6 nitrogen and oxygen atoms in total. The highest BCUT2D eigenvalue weighted by Crippen LogP contribution is 2.43. The summed E-state index contributed by atoms with van der Waals surface area (Å²) in [5.41, 5.74) is 3.92. The molecule has 2 aromatic rings. The molecule has 2 atom stereocenters. The van der Waals surface area contributed by atoms with E-state index in [-0.39, 0.29) is 18.4 Å². The molecular weight excluding hydrogens is 418 g/mol. The highest BCUT2D eigenvalue weighted by atomic mass is 16.5. The van der Waals surface area contributed by atoms with Crippen LogP contribution in [-0.4, -0.2) is 30.0 Å². The summed E-state index contributed by atoms with van der Waals surface area (Å²) in [6.45, 7) is 3.42. The lowest BCUT2D eigenvalue weighted by Crippen LogP contribution is -2.37. The second-order valence-electron chi connectivity index (χ2n) is 8.41. The van der Waals surface area contributed by atoms with Crippen molar-refractivity contribution in [2.24, 2.45) is 10.9 Å². The van der Waals surface area contributed by atoms with Crippen LogP contribution in [0.4, 0.5) is 0 Å². The summed E-state index contributed by atoms with van der Waals surface area (Å²) >= 11 is 0. The van der Waals surface area contributed by atoms with Gasteiger partial charge in [-0.2, -0.15) is 0 Å². The molecule has 1 unspecified atom stereocenters. The Kier molecular flexibility index (Phi) is 6.82. The van der Waals surface area contributed by atoms with Crippen molar-refractivity contribution < 1.29 is 23.9 Å². The summed E-state index contributed by atoms with van der Waals surface area (Å²) in [6, 6.07) is 16.8. The van der Waals surface area contributed by atoms with E-state index in [1.807, 2.05) is 37.3 Å². The first-order chi connectivity index (χ1) is 15.9. The monoisotopic (exact) mass is 445 g/mol. The third-order valence-corrected chi connectivity index (χ3v) is 6.07. The highest BCUT2D eigenvalue weighted by Gasteiger charge is 2.43. The molecule has 1 aliphatic carbocycles. The van der Waals surface area contributed by atoms with Crippen LogP contribution in [0.1, 0.15) is 50.2 Å². The van der Waals surface area contributed by atoms with Gasteiger partial charge in [0.25, 0.3) is 0 Å². The summed E-state index contributed by atoms with van der Waals surface area (Å²) in [6.07, 6.45) is 2.55. The number of ketones is 1. The minimum absolute atomic E-state index is 0.0312. The van der Waals surface area contributed by atoms with Crippen LogP contribution < -0.4 is 4.74 Å². The number of benzene rings is 2. The second kappa shape index (κ2) is 9.94. The number of rotatable bonds is 6. The molecule has 1 aliphatic heterocycles. The molecule has 0 N–H and O–H groups in total. The Morgan fingerprint density at radius 2 is 1.76 bits per heavy atom. The zero-order chi connectivity index (χ0) is 23.4. The molecule has 0 fully saturated rings. The SMILES string of the molecule is CC(=O)Oc1ccc([C@@H]2C3=C(CCCC3=O)N=C(C)C2C(=O)OCCc2ccccc2)cc1. The predicted octanol–water partition coefficient (Wildman–Crippen LogP) is 4.58. The second-order valence-corrected chi connectivity index (χ2v) is 8.41. The Morgan fingerprint density at radius 3 is 2.45 bits per heavy atom. The Morgan fingerprint density at radius 1 is 1.03 bits per heavy atom. The van der Waals surface area contributed by atoms with E-state index >= 15 is 0 Å². The first-order valence-corrected chi connectivity index (χ1v) is 11.2. The van der Waals surface area contributed by atoms with Crippen LogP contribution in [0.2, 0.25) is 0 Å². The number of Topliss-reactive ketones (excluding diaryl/α,β-unsaturated/α-hetero) is 1. The van der Waals surface area contributed by atoms with Gasteiger partial charge in [0.1, 0.15) is 11.7 Å². The van der Waals surface area contributed by atoms with E-state index in [4.69, 9.17) is 9.47 Å². The fourth-order valence-electron chi connectivity index (χ4n) is 4.58. The number of allylic oxidation sites excluding steroid dienone is 2.